The van der Waals surface area contributed by atoms with Crippen molar-refractivity contribution in [1.82, 2.24) is 4.72 Å². The maximum absolute atomic E-state index is 11.8. The second-order valence-electron chi connectivity index (χ2n) is 4.23. The van der Waals surface area contributed by atoms with Crippen molar-refractivity contribution in [2.24, 2.45) is 5.92 Å². The van der Waals surface area contributed by atoms with Crippen molar-refractivity contribution in [1.29, 1.82) is 0 Å². The Labute approximate surface area is 114 Å². The van der Waals surface area contributed by atoms with Crippen LogP contribution in [-0.2, 0) is 19.1 Å². The molecule has 1 aromatic rings. The molecule has 2 rings (SSSR count). The highest BCUT2D eigenvalue weighted by Crippen LogP contribution is 2.19. The number of nitrogens with one attached hydrogen (secondary N) is 1. The van der Waals surface area contributed by atoms with E-state index in [1.807, 2.05) is 30.3 Å². The summed E-state index contributed by atoms with van der Waals surface area (Å²) in [6.07, 6.45) is -0.370. The summed E-state index contributed by atoms with van der Waals surface area (Å²) in [5.74, 6) is -3.13. The third kappa shape index (κ3) is 3.35. The monoisotopic (exact) mass is 279 g/mol. The van der Waals surface area contributed by atoms with Gasteiger partial charge in [-0.15, -0.1) is 0 Å². The van der Waals surface area contributed by atoms with Gasteiger partial charge in [0, 0.05) is 11.3 Å². The lowest BCUT2D eigenvalue weighted by molar-refractivity contribution is -0.165. The predicted octanol–water partition coefficient (Wildman–Crippen LogP) is 1.33. The van der Waals surface area contributed by atoms with Crippen molar-refractivity contribution >= 4 is 29.6 Å². The van der Waals surface area contributed by atoms with Crippen molar-refractivity contribution in [2.75, 3.05) is 0 Å². The van der Waals surface area contributed by atoms with E-state index < -0.39 is 29.7 Å². The van der Waals surface area contributed by atoms with Crippen LogP contribution in [0.3, 0.4) is 0 Å². The maximum Gasteiger partial charge on any atom is 0.326 e. The van der Waals surface area contributed by atoms with Gasteiger partial charge in [0.05, 0.1) is 0 Å². The molecule has 0 saturated carbocycles. The standard InChI is InChI=1S/C13H13NO4S/c1-8-7-10(15)11(13(17)18-8)12(16)14-19-9-5-3-2-4-6-9/h2-6,8,11H,7H2,1H3,(H,14,16). The minimum Gasteiger partial charge on any atom is -0.461 e. The van der Waals surface area contributed by atoms with Gasteiger partial charge in [0.15, 0.2) is 11.7 Å². The SMILES string of the molecule is CC1CC(=O)C(C(=O)NSc2ccccc2)C(=O)O1. The third-order valence-electron chi connectivity index (χ3n) is 2.64. The predicted molar refractivity (Wildman–Crippen MR) is 69.1 cm³/mol. The second kappa shape index (κ2) is 5.88. The number of Topliss-reactive ketones (excluding diaryl/α,β-unsaturated/α-hetero) is 1. The zero-order valence-electron chi connectivity index (χ0n) is 10.3. The summed E-state index contributed by atoms with van der Waals surface area (Å²) < 4.78 is 7.41. The van der Waals surface area contributed by atoms with Crippen molar-refractivity contribution in [3.05, 3.63) is 30.3 Å². The molecule has 0 aromatic heterocycles. The van der Waals surface area contributed by atoms with E-state index in [2.05, 4.69) is 4.72 Å². The largest absolute Gasteiger partial charge is 0.461 e. The quantitative estimate of drug-likeness (QED) is 0.513. The molecule has 1 aromatic carbocycles. The number of carbonyl (C=O) groups is 3. The average molecular weight is 279 g/mol. The van der Waals surface area contributed by atoms with Gasteiger partial charge in [-0.1, -0.05) is 18.2 Å². The Morgan fingerprint density at radius 1 is 1.32 bits per heavy atom. The van der Waals surface area contributed by atoms with Gasteiger partial charge < -0.3 is 4.74 Å². The number of ether oxygens (including phenoxy) is 1. The molecule has 0 radical (unpaired) electrons. The van der Waals surface area contributed by atoms with Gasteiger partial charge >= 0.3 is 5.97 Å². The van der Waals surface area contributed by atoms with Crippen LogP contribution in [0.25, 0.3) is 0 Å². The number of benzene rings is 1. The second-order valence-corrected chi connectivity index (χ2v) is 5.11. The summed E-state index contributed by atoms with van der Waals surface area (Å²) in [5.41, 5.74) is 0. The van der Waals surface area contributed by atoms with Crippen LogP contribution in [0.2, 0.25) is 0 Å². The smallest absolute Gasteiger partial charge is 0.326 e. The summed E-state index contributed by atoms with van der Waals surface area (Å²) in [5, 5.41) is 0. The van der Waals surface area contributed by atoms with E-state index in [9.17, 15) is 14.4 Å². The number of cyclic esters (lactones) is 1. The molecule has 6 heteroatoms. The number of esters is 1. The molecule has 100 valence electrons. The molecule has 0 aliphatic carbocycles. The lowest BCUT2D eigenvalue weighted by Gasteiger charge is -2.23. The average Bonchev–Trinajstić information content (AvgIpc) is 2.36. The zero-order valence-corrected chi connectivity index (χ0v) is 11.1. The molecule has 1 aliphatic rings. The Balaban J connectivity index is 1.96. The van der Waals surface area contributed by atoms with E-state index in [4.69, 9.17) is 4.74 Å². The van der Waals surface area contributed by atoms with E-state index in [1.54, 1.807) is 6.92 Å². The summed E-state index contributed by atoms with van der Waals surface area (Å²) in [6.45, 7) is 1.63. The molecule has 1 aliphatic heterocycles. The summed E-state index contributed by atoms with van der Waals surface area (Å²) >= 11 is 1.07. The highest BCUT2D eigenvalue weighted by molar-refractivity contribution is 7.98. The van der Waals surface area contributed by atoms with E-state index in [1.165, 1.54) is 0 Å². The molecule has 2 atom stereocenters. The Bertz CT molecular complexity index is 485. The van der Waals surface area contributed by atoms with Crippen molar-refractivity contribution in [3.63, 3.8) is 0 Å². The lowest BCUT2D eigenvalue weighted by Crippen LogP contribution is -2.44. The maximum atomic E-state index is 11.8. The molecule has 1 heterocycles. The van der Waals surface area contributed by atoms with Gasteiger partial charge in [0.2, 0.25) is 0 Å². The van der Waals surface area contributed by atoms with Crippen molar-refractivity contribution in [3.8, 4) is 0 Å². The Morgan fingerprint density at radius 2 is 2.00 bits per heavy atom. The minimum atomic E-state index is -1.34. The normalized spacial score (nSPS) is 22.8. The molecule has 5 nitrogen and oxygen atoms in total. The summed E-state index contributed by atoms with van der Waals surface area (Å²) in [6, 6.07) is 9.14. The van der Waals surface area contributed by atoms with Gasteiger partial charge in [0.1, 0.15) is 6.10 Å². The van der Waals surface area contributed by atoms with Crippen LogP contribution < -0.4 is 4.72 Å². The van der Waals surface area contributed by atoms with Crippen LogP contribution >= 0.6 is 11.9 Å². The Morgan fingerprint density at radius 3 is 2.63 bits per heavy atom. The fraction of sp³-hybridized carbons (Fsp3) is 0.308. The molecule has 19 heavy (non-hydrogen) atoms. The van der Waals surface area contributed by atoms with Crippen LogP contribution in [0, 0.1) is 5.92 Å². The fourth-order valence-corrected chi connectivity index (χ4v) is 2.38. The van der Waals surface area contributed by atoms with Crippen molar-refractivity contribution in [2.45, 2.75) is 24.3 Å². The molecule has 0 bridgehead atoms. The minimum absolute atomic E-state index is 0.0832. The molecule has 2 unspecified atom stereocenters. The van der Waals surface area contributed by atoms with E-state index in [-0.39, 0.29) is 6.42 Å². The van der Waals surface area contributed by atoms with E-state index in [0.717, 1.165) is 16.8 Å². The first kappa shape index (κ1) is 13.6. The van der Waals surface area contributed by atoms with Gasteiger partial charge in [0.25, 0.3) is 5.91 Å². The Hall–Kier alpha value is -1.82. The molecule has 1 fully saturated rings. The molecule has 1 amide bonds. The Kier molecular flexibility index (Phi) is 4.21. The highest BCUT2D eigenvalue weighted by Gasteiger charge is 2.40. The van der Waals surface area contributed by atoms with Crippen LogP contribution in [0.4, 0.5) is 0 Å². The molecule has 1 N–H and O–H groups in total. The van der Waals surface area contributed by atoms with Crippen molar-refractivity contribution < 1.29 is 19.1 Å². The van der Waals surface area contributed by atoms with Gasteiger partial charge in [-0.3, -0.25) is 19.1 Å². The van der Waals surface area contributed by atoms with Gasteiger partial charge in [-0.25, -0.2) is 0 Å². The number of hydrogen-bond donors (Lipinski definition) is 1. The molecular formula is C13H13NO4S. The molecule has 0 spiro atoms. The van der Waals surface area contributed by atoms with Gasteiger partial charge in [-0.2, -0.15) is 0 Å². The third-order valence-corrected chi connectivity index (χ3v) is 3.45. The van der Waals surface area contributed by atoms with Crippen LogP contribution in [0.5, 0.6) is 0 Å². The topological polar surface area (TPSA) is 72.5 Å². The number of carbonyl (C=O) groups excluding carboxylic acids is 3. The number of rotatable bonds is 3. The first-order valence-electron chi connectivity index (χ1n) is 5.83. The van der Waals surface area contributed by atoms with Gasteiger partial charge in [-0.05, 0) is 31.0 Å². The zero-order chi connectivity index (χ0) is 13.8. The fourth-order valence-electron chi connectivity index (χ4n) is 1.75. The van der Waals surface area contributed by atoms with Crippen LogP contribution in [0.1, 0.15) is 13.3 Å². The first-order chi connectivity index (χ1) is 9.08. The highest BCUT2D eigenvalue weighted by atomic mass is 32.2. The number of amides is 1. The molecular weight excluding hydrogens is 266 g/mol. The number of hydrogen-bond acceptors (Lipinski definition) is 5. The number of ketones is 1. The van der Waals surface area contributed by atoms with E-state index >= 15 is 0 Å². The van der Waals surface area contributed by atoms with Crippen LogP contribution in [-0.4, -0.2) is 23.8 Å². The molecule has 1 saturated heterocycles. The summed E-state index contributed by atoms with van der Waals surface area (Å²) in [7, 11) is 0. The van der Waals surface area contributed by atoms with E-state index in [0.29, 0.717) is 0 Å². The first-order valence-corrected chi connectivity index (χ1v) is 6.64. The lowest BCUT2D eigenvalue weighted by atomic mass is 9.96. The summed E-state index contributed by atoms with van der Waals surface area (Å²) in [4.78, 5) is 35.9. The van der Waals surface area contributed by atoms with Crippen LogP contribution in [0.15, 0.2) is 35.2 Å².